The van der Waals surface area contributed by atoms with Gasteiger partial charge in [0.25, 0.3) is 0 Å². The molecule has 0 radical (unpaired) electrons. The van der Waals surface area contributed by atoms with Crippen molar-refractivity contribution in [2.45, 2.75) is 56.3 Å². The fourth-order valence-corrected chi connectivity index (χ4v) is 3.64. The van der Waals surface area contributed by atoms with E-state index in [1.165, 1.54) is 11.8 Å². The molecule has 0 saturated heterocycles. The van der Waals surface area contributed by atoms with Crippen molar-refractivity contribution >= 4 is 17.7 Å². The van der Waals surface area contributed by atoms with Gasteiger partial charge in [0.05, 0.1) is 0 Å². The van der Waals surface area contributed by atoms with Gasteiger partial charge in [0.15, 0.2) is 0 Å². The molecule has 2 atom stereocenters. The molecule has 2 rings (SSSR count). The molecule has 0 aromatic heterocycles. The molecular weight excluding hydrogens is 314 g/mol. The summed E-state index contributed by atoms with van der Waals surface area (Å²) in [6, 6.07) is 18.8. The largest absolute Gasteiger partial charge is 0.338 e. The molecule has 0 N–H and O–H groups in total. The molecule has 2 unspecified atom stereocenters. The summed E-state index contributed by atoms with van der Waals surface area (Å²) in [6.07, 6.45) is -1.24. The Labute approximate surface area is 153 Å². The number of carbonyl (C=O) groups is 1. The van der Waals surface area contributed by atoms with Gasteiger partial charge in [0.1, 0.15) is 0 Å². The van der Waals surface area contributed by atoms with Crippen LogP contribution in [0.4, 0.5) is 0 Å². The maximum Gasteiger partial charge on any atom is 0.224 e. The highest BCUT2D eigenvalue weighted by Gasteiger charge is 2.24. The molecule has 2 aromatic rings. The molecule has 0 aliphatic rings. The quantitative estimate of drug-likeness (QED) is 0.614. The molecule has 0 bridgehead atoms. The lowest BCUT2D eigenvalue weighted by atomic mass is 10.1. The van der Waals surface area contributed by atoms with Gasteiger partial charge in [-0.1, -0.05) is 48.5 Å². The Kier molecular flexibility index (Phi) is 5.87. The number of thioether (sulfide) groups is 1. The predicted octanol–water partition coefficient (Wildman–Crippen LogP) is 5.56. The van der Waals surface area contributed by atoms with E-state index in [-0.39, 0.29) is 18.0 Å². The summed E-state index contributed by atoms with van der Waals surface area (Å²) in [4.78, 5) is 15.7. The Morgan fingerprint density at radius 2 is 1.50 bits per heavy atom. The Hall–Kier alpha value is -1.74. The van der Waals surface area contributed by atoms with Crippen LogP contribution in [-0.2, 0) is 4.79 Å². The molecule has 128 valence electrons. The van der Waals surface area contributed by atoms with Gasteiger partial charge in [-0.2, -0.15) is 0 Å². The molecule has 0 fully saturated rings. The van der Waals surface area contributed by atoms with Gasteiger partial charge >= 0.3 is 0 Å². The third-order valence-corrected chi connectivity index (χ3v) is 4.73. The van der Waals surface area contributed by atoms with Crippen LogP contribution in [0.15, 0.2) is 65.6 Å². The van der Waals surface area contributed by atoms with E-state index in [1.807, 2.05) is 88.4 Å². The average Bonchev–Trinajstić information content (AvgIpc) is 2.62. The van der Waals surface area contributed by atoms with Crippen LogP contribution in [0.1, 0.15) is 47.6 Å². The summed E-state index contributed by atoms with van der Waals surface area (Å²) in [5.41, 5.74) is 0.662. The molecule has 2 nitrogen and oxygen atoms in total. The van der Waals surface area contributed by atoms with E-state index in [9.17, 15) is 4.79 Å². The maximum atomic E-state index is 13.1. The Morgan fingerprint density at radius 1 is 1.00 bits per heavy atom. The highest BCUT2D eigenvalue weighted by Crippen LogP contribution is 2.38. The normalized spacial score (nSPS) is 16.2. The van der Waals surface area contributed by atoms with E-state index in [2.05, 4.69) is 0 Å². The van der Waals surface area contributed by atoms with Crippen molar-refractivity contribution in [2.24, 2.45) is 0 Å². The highest BCUT2D eigenvalue weighted by molar-refractivity contribution is 7.99. The molecule has 0 heterocycles. The average molecular weight is 344 g/mol. The van der Waals surface area contributed by atoms with Crippen LogP contribution in [-0.4, -0.2) is 22.9 Å². The van der Waals surface area contributed by atoms with Gasteiger partial charge in [-0.15, -0.1) is 11.8 Å². The fourth-order valence-electron chi connectivity index (χ4n) is 2.68. The second kappa shape index (κ2) is 8.93. The molecule has 3 heteroatoms. The minimum absolute atomic E-state index is 0.0166. The first-order valence-corrected chi connectivity index (χ1v) is 9.13. The number of rotatable bonds is 7. The lowest BCUT2D eigenvalue weighted by Crippen LogP contribution is -2.42. The van der Waals surface area contributed by atoms with Crippen molar-refractivity contribution in [3.63, 3.8) is 0 Å². The van der Waals surface area contributed by atoms with Gasteiger partial charge in [-0.25, -0.2) is 0 Å². The van der Waals surface area contributed by atoms with Crippen molar-refractivity contribution in [1.29, 1.82) is 0 Å². The monoisotopic (exact) mass is 343 g/mol. The number of hydrogen-bond acceptors (Lipinski definition) is 2. The van der Waals surface area contributed by atoms with E-state index in [0.717, 1.165) is 4.90 Å². The van der Waals surface area contributed by atoms with E-state index in [4.69, 9.17) is 2.74 Å². The zero-order valence-electron chi connectivity index (χ0n) is 16.8. The van der Waals surface area contributed by atoms with Crippen LogP contribution < -0.4 is 0 Å². The standard InChI is InChI=1S/C21H27NOS/c1-16(2)22(17(3)4)21(23)15-20(18-11-7-5-8-12-18)24-19-13-9-6-10-14-19/h5-14,16-17,20H,15H2,1-4H3/i15D,20D. The summed E-state index contributed by atoms with van der Waals surface area (Å²) < 4.78 is 17.9. The van der Waals surface area contributed by atoms with Crippen LogP contribution >= 0.6 is 11.8 Å². The van der Waals surface area contributed by atoms with Crippen LogP contribution in [0.2, 0.25) is 0 Å². The molecule has 24 heavy (non-hydrogen) atoms. The van der Waals surface area contributed by atoms with Crippen molar-refractivity contribution < 1.29 is 7.54 Å². The first-order chi connectivity index (χ1) is 12.3. The highest BCUT2D eigenvalue weighted by atomic mass is 32.2. The minimum atomic E-state index is -1.43. The number of benzene rings is 2. The number of hydrogen-bond donors (Lipinski definition) is 0. The van der Waals surface area contributed by atoms with Gasteiger partial charge in [-0.3, -0.25) is 4.79 Å². The van der Waals surface area contributed by atoms with Crippen molar-refractivity contribution in [2.75, 3.05) is 0 Å². The van der Waals surface area contributed by atoms with Crippen molar-refractivity contribution in [3.05, 3.63) is 66.2 Å². The topological polar surface area (TPSA) is 20.3 Å². The lowest BCUT2D eigenvalue weighted by Gasteiger charge is -2.32. The SMILES string of the molecule is [2H]C(C(=O)N(C(C)C)C(C)C)C([2H])(Sc1ccccc1)c1ccccc1. The van der Waals surface area contributed by atoms with E-state index < -0.39 is 11.6 Å². The summed E-state index contributed by atoms with van der Waals surface area (Å²) in [5.74, 6) is -0.308. The van der Waals surface area contributed by atoms with Gasteiger partial charge in [-0.05, 0) is 45.4 Å². The van der Waals surface area contributed by atoms with Gasteiger partial charge in [0.2, 0.25) is 5.91 Å². The summed E-state index contributed by atoms with van der Waals surface area (Å²) in [5, 5.41) is -1.43. The van der Waals surface area contributed by atoms with E-state index in [0.29, 0.717) is 5.56 Å². The fraction of sp³-hybridized carbons (Fsp3) is 0.381. The summed E-state index contributed by atoms with van der Waals surface area (Å²) >= 11 is 1.25. The smallest absolute Gasteiger partial charge is 0.224 e. The second-order valence-corrected chi connectivity index (χ2v) is 7.34. The van der Waals surface area contributed by atoms with Crippen molar-refractivity contribution in [1.82, 2.24) is 4.90 Å². The zero-order valence-corrected chi connectivity index (χ0v) is 15.6. The summed E-state index contributed by atoms with van der Waals surface area (Å²) in [6.45, 7) is 7.79. The molecule has 2 aromatic carbocycles. The van der Waals surface area contributed by atoms with Crippen molar-refractivity contribution in [3.8, 4) is 0 Å². The van der Waals surface area contributed by atoms with E-state index >= 15 is 0 Å². The molecule has 0 spiro atoms. The number of carbonyl (C=O) groups excluding carboxylic acids is 1. The third kappa shape index (κ3) is 5.13. The first-order valence-electron chi connectivity index (χ1n) is 9.39. The van der Waals surface area contributed by atoms with Crippen LogP contribution in [0.3, 0.4) is 0 Å². The molecule has 0 saturated carbocycles. The Morgan fingerprint density at radius 3 is 2.00 bits per heavy atom. The maximum absolute atomic E-state index is 13.1. The zero-order chi connectivity index (χ0) is 19.3. The molecular formula is C21H27NOS. The lowest BCUT2D eigenvalue weighted by molar-refractivity contribution is -0.134. The molecule has 0 aliphatic heterocycles. The second-order valence-electron chi connectivity index (χ2n) is 6.22. The van der Waals surface area contributed by atoms with Crippen LogP contribution in [0.5, 0.6) is 0 Å². The third-order valence-electron chi connectivity index (χ3n) is 3.65. The predicted molar refractivity (Wildman–Crippen MR) is 103 cm³/mol. The van der Waals surface area contributed by atoms with E-state index in [1.54, 1.807) is 4.90 Å². The number of nitrogens with zero attached hydrogens (tertiary/aromatic N) is 1. The van der Waals surface area contributed by atoms with Crippen LogP contribution in [0, 0.1) is 0 Å². The Bertz CT molecular complexity index is 700. The Balaban J connectivity index is 2.44. The molecule has 0 aliphatic carbocycles. The van der Waals surface area contributed by atoms with Crippen LogP contribution in [0.25, 0.3) is 0 Å². The first kappa shape index (κ1) is 15.8. The van der Waals surface area contributed by atoms with Gasteiger partial charge in [0, 0.05) is 31.3 Å². The minimum Gasteiger partial charge on any atom is -0.338 e. The van der Waals surface area contributed by atoms with Gasteiger partial charge < -0.3 is 4.90 Å². The summed E-state index contributed by atoms with van der Waals surface area (Å²) in [7, 11) is 0. The number of amides is 1. The molecule has 1 amide bonds.